The maximum absolute atomic E-state index is 12.6. The topological polar surface area (TPSA) is 67.2 Å². The van der Waals surface area contributed by atoms with Gasteiger partial charge in [-0.15, -0.1) is 0 Å². The van der Waals surface area contributed by atoms with Crippen LogP contribution in [0.25, 0.3) is 0 Å². The zero-order valence-corrected chi connectivity index (χ0v) is 11.6. The molecule has 19 heavy (non-hydrogen) atoms. The number of hydrogen-bond donors (Lipinski definition) is 1. The van der Waals surface area contributed by atoms with E-state index < -0.39 is 5.54 Å². The molecule has 1 aliphatic heterocycles. The average molecular weight is 264 g/mol. The van der Waals surface area contributed by atoms with Gasteiger partial charge in [-0.2, -0.15) is 5.10 Å². The molecule has 0 spiro atoms. The highest BCUT2D eigenvalue weighted by atomic mass is 16.2. The van der Waals surface area contributed by atoms with E-state index >= 15 is 0 Å². The molecular weight excluding hydrogens is 244 g/mol. The predicted octanol–water partition coefficient (Wildman–Crippen LogP) is 0.925. The fourth-order valence-corrected chi connectivity index (χ4v) is 2.19. The standard InChI is InChI=1S/C13H20N4O2/c1-4-13(3)12(19)17(7-6-11(18)15-13)10-8-14-16(5-2)9-10/h8-9H,4-7H2,1-3H3,(H,15,18). The summed E-state index contributed by atoms with van der Waals surface area (Å²) in [6.45, 7) is 6.81. The molecule has 1 saturated heterocycles. The van der Waals surface area contributed by atoms with Gasteiger partial charge < -0.3 is 10.2 Å². The lowest BCUT2D eigenvalue weighted by atomic mass is 9.97. The highest BCUT2D eigenvalue weighted by molar-refractivity contribution is 6.03. The zero-order valence-electron chi connectivity index (χ0n) is 11.6. The third-order valence-electron chi connectivity index (χ3n) is 3.66. The number of nitrogens with one attached hydrogen (secondary N) is 1. The SMILES string of the molecule is CCn1cc(N2CCC(=O)NC(C)(CC)C2=O)cn1. The molecule has 1 aromatic heterocycles. The number of rotatable bonds is 3. The van der Waals surface area contributed by atoms with Crippen molar-refractivity contribution >= 4 is 17.5 Å². The lowest BCUT2D eigenvalue weighted by molar-refractivity contribution is -0.129. The van der Waals surface area contributed by atoms with Gasteiger partial charge in [0.15, 0.2) is 0 Å². The molecule has 1 unspecified atom stereocenters. The van der Waals surface area contributed by atoms with Gasteiger partial charge in [-0.1, -0.05) is 6.92 Å². The van der Waals surface area contributed by atoms with Crippen LogP contribution in [0.4, 0.5) is 5.69 Å². The van der Waals surface area contributed by atoms with Gasteiger partial charge in [0.05, 0.1) is 11.9 Å². The summed E-state index contributed by atoms with van der Waals surface area (Å²) in [5.41, 5.74) is -0.0786. The fourth-order valence-electron chi connectivity index (χ4n) is 2.19. The zero-order chi connectivity index (χ0) is 14.0. The first kappa shape index (κ1) is 13.6. The largest absolute Gasteiger partial charge is 0.342 e. The minimum atomic E-state index is -0.831. The second-order valence-corrected chi connectivity index (χ2v) is 4.99. The van der Waals surface area contributed by atoms with E-state index in [9.17, 15) is 9.59 Å². The van der Waals surface area contributed by atoms with Crippen LogP contribution in [0.5, 0.6) is 0 Å². The Balaban J connectivity index is 2.33. The van der Waals surface area contributed by atoms with E-state index in [2.05, 4.69) is 10.4 Å². The quantitative estimate of drug-likeness (QED) is 0.883. The van der Waals surface area contributed by atoms with E-state index in [1.165, 1.54) is 0 Å². The van der Waals surface area contributed by atoms with Crippen molar-refractivity contribution in [2.75, 3.05) is 11.4 Å². The van der Waals surface area contributed by atoms with E-state index in [1.807, 2.05) is 20.0 Å². The predicted molar refractivity (Wildman–Crippen MR) is 71.7 cm³/mol. The van der Waals surface area contributed by atoms with Gasteiger partial charge in [0.1, 0.15) is 5.54 Å². The minimum absolute atomic E-state index is 0.0727. The van der Waals surface area contributed by atoms with Crippen LogP contribution in [0.2, 0.25) is 0 Å². The molecular formula is C13H20N4O2. The Morgan fingerprint density at radius 1 is 1.42 bits per heavy atom. The van der Waals surface area contributed by atoms with Crippen molar-refractivity contribution in [3.8, 4) is 0 Å². The van der Waals surface area contributed by atoms with Crippen LogP contribution < -0.4 is 10.2 Å². The van der Waals surface area contributed by atoms with Gasteiger partial charge in [0, 0.05) is 25.7 Å². The number of amides is 2. The Labute approximate surface area is 112 Å². The number of carbonyl (C=O) groups excluding carboxylic acids is 2. The van der Waals surface area contributed by atoms with E-state index in [0.29, 0.717) is 19.4 Å². The number of anilines is 1. The average Bonchev–Trinajstić information content (AvgIpc) is 2.83. The van der Waals surface area contributed by atoms with Crippen molar-refractivity contribution in [1.82, 2.24) is 15.1 Å². The second-order valence-electron chi connectivity index (χ2n) is 4.99. The van der Waals surface area contributed by atoms with Gasteiger partial charge in [-0.05, 0) is 20.3 Å². The van der Waals surface area contributed by atoms with Crippen molar-refractivity contribution < 1.29 is 9.59 Å². The van der Waals surface area contributed by atoms with Crippen molar-refractivity contribution in [1.29, 1.82) is 0 Å². The van der Waals surface area contributed by atoms with Crippen LogP contribution in [0.3, 0.4) is 0 Å². The molecule has 1 aromatic rings. The van der Waals surface area contributed by atoms with Crippen LogP contribution in [-0.4, -0.2) is 33.7 Å². The van der Waals surface area contributed by atoms with Crippen molar-refractivity contribution in [2.24, 2.45) is 0 Å². The molecule has 1 N–H and O–H groups in total. The highest BCUT2D eigenvalue weighted by Crippen LogP contribution is 2.23. The Kier molecular flexibility index (Phi) is 3.59. The second kappa shape index (κ2) is 5.03. The summed E-state index contributed by atoms with van der Waals surface area (Å²) in [6.07, 6.45) is 4.39. The first-order valence-electron chi connectivity index (χ1n) is 6.65. The summed E-state index contributed by atoms with van der Waals surface area (Å²) < 4.78 is 1.77. The summed E-state index contributed by atoms with van der Waals surface area (Å²) in [4.78, 5) is 26.0. The molecule has 2 heterocycles. The van der Waals surface area contributed by atoms with Crippen LogP contribution >= 0.6 is 0 Å². The van der Waals surface area contributed by atoms with Gasteiger partial charge >= 0.3 is 0 Å². The lowest BCUT2D eigenvalue weighted by Gasteiger charge is -2.30. The number of nitrogens with zero attached hydrogens (tertiary/aromatic N) is 3. The smallest absolute Gasteiger partial charge is 0.252 e. The van der Waals surface area contributed by atoms with Gasteiger partial charge in [-0.25, -0.2) is 0 Å². The maximum Gasteiger partial charge on any atom is 0.252 e. The van der Waals surface area contributed by atoms with Gasteiger partial charge in [-0.3, -0.25) is 14.3 Å². The number of carbonyl (C=O) groups is 2. The molecule has 1 atom stereocenters. The van der Waals surface area contributed by atoms with Crippen LogP contribution in [0.1, 0.15) is 33.6 Å². The van der Waals surface area contributed by atoms with Gasteiger partial charge in [0.25, 0.3) is 5.91 Å². The third-order valence-corrected chi connectivity index (χ3v) is 3.66. The molecule has 1 fully saturated rings. The third kappa shape index (κ3) is 2.47. The molecule has 0 saturated carbocycles. The lowest BCUT2D eigenvalue weighted by Crippen LogP contribution is -2.54. The first-order valence-corrected chi connectivity index (χ1v) is 6.65. The Hall–Kier alpha value is -1.85. The Bertz CT molecular complexity index is 497. The molecule has 6 heteroatoms. The van der Waals surface area contributed by atoms with E-state index in [1.54, 1.807) is 22.7 Å². The molecule has 1 aliphatic rings. The Morgan fingerprint density at radius 3 is 2.74 bits per heavy atom. The van der Waals surface area contributed by atoms with Crippen molar-refractivity contribution in [3.63, 3.8) is 0 Å². The van der Waals surface area contributed by atoms with Gasteiger partial charge in [0.2, 0.25) is 5.91 Å². The summed E-state index contributed by atoms with van der Waals surface area (Å²) in [5.74, 6) is -0.153. The number of aromatic nitrogens is 2. The summed E-state index contributed by atoms with van der Waals surface area (Å²) >= 11 is 0. The molecule has 0 bridgehead atoms. The van der Waals surface area contributed by atoms with Crippen LogP contribution in [0.15, 0.2) is 12.4 Å². The van der Waals surface area contributed by atoms with Crippen molar-refractivity contribution in [2.45, 2.75) is 45.7 Å². The normalized spacial score (nSPS) is 24.3. The summed E-state index contributed by atoms with van der Waals surface area (Å²) in [7, 11) is 0. The highest BCUT2D eigenvalue weighted by Gasteiger charge is 2.39. The summed E-state index contributed by atoms with van der Waals surface area (Å²) in [6, 6.07) is 0. The molecule has 0 aromatic carbocycles. The van der Waals surface area contributed by atoms with Crippen LogP contribution in [0, 0.1) is 0 Å². The Morgan fingerprint density at radius 2 is 2.16 bits per heavy atom. The van der Waals surface area contributed by atoms with Crippen molar-refractivity contribution in [3.05, 3.63) is 12.4 Å². The van der Waals surface area contributed by atoms with E-state index in [0.717, 1.165) is 12.2 Å². The maximum atomic E-state index is 12.6. The number of aryl methyl sites for hydroxylation is 1. The number of hydrogen-bond acceptors (Lipinski definition) is 3. The summed E-state index contributed by atoms with van der Waals surface area (Å²) in [5, 5.41) is 7.00. The molecule has 2 amide bonds. The molecule has 0 aliphatic carbocycles. The first-order chi connectivity index (χ1) is 9.00. The molecule has 2 rings (SSSR count). The van der Waals surface area contributed by atoms with E-state index in [-0.39, 0.29) is 11.8 Å². The molecule has 0 radical (unpaired) electrons. The fraction of sp³-hybridized carbons (Fsp3) is 0.615. The van der Waals surface area contributed by atoms with E-state index in [4.69, 9.17) is 0 Å². The molecule has 104 valence electrons. The molecule has 6 nitrogen and oxygen atoms in total. The minimum Gasteiger partial charge on any atom is -0.342 e. The van der Waals surface area contributed by atoms with Crippen LogP contribution in [-0.2, 0) is 16.1 Å². The monoisotopic (exact) mass is 264 g/mol.